The lowest BCUT2D eigenvalue weighted by Gasteiger charge is -2.34. The molecule has 124 valence electrons. The minimum Gasteiger partial charge on any atom is -0.391 e. The number of likely N-dealkylation sites (tertiary alicyclic amines) is 1. The zero-order valence-corrected chi connectivity index (χ0v) is 13.6. The molecular weight excluding hydrogens is 290 g/mol. The van der Waals surface area contributed by atoms with Gasteiger partial charge in [0.25, 0.3) is 0 Å². The topological polar surface area (TPSA) is 68.4 Å². The highest BCUT2D eigenvalue weighted by atomic mass is 16.3. The maximum atomic E-state index is 12.1. The predicted octanol–water partition coefficient (Wildman–Crippen LogP) is 2.51. The summed E-state index contributed by atoms with van der Waals surface area (Å²) in [5.41, 5.74) is 2.44. The van der Waals surface area contributed by atoms with Crippen molar-refractivity contribution < 1.29 is 9.90 Å². The van der Waals surface area contributed by atoms with E-state index in [0.717, 1.165) is 31.3 Å². The van der Waals surface area contributed by atoms with Crippen molar-refractivity contribution in [1.82, 2.24) is 15.2 Å². The smallest absolute Gasteiger partial charge is 0.317 e. The number of aryl methyl sites for hydroxylation is 1. The fourth-order valence-corrected chi connectivity index (χ4v) is 3.16. The number of amides is 2. The van der Waals surface area contributed by atoms with Gasteiger partial charge in [0.1, 0.15) is 0 Å². The summed E-state index contributed by atoms with van der Waals surface area (Å²) >= 11 is 0. The fourth-order valence-electron chi connectivity index (χ4n) is 3.16. The Balaban J connectivity index is 1.44. The third-order valence-electron chi connectivity index (χ3n) is 4.78. The molecule has 2 atom stereocenters. The monoisotopic (exact) mass is 315 g/mol. The lowest BCUT2D eigenvalue weighted by molar-refractivity contribution is 0.0436. The van der Waals surface area contributed by atoms with Crippen LogP contribution in [0.15, 0.2) is 30.5 Å². The van der Waals surface area contributed by atoms with E-state index in [1.807, 2.05) is 19.1 Å². The van der Waals surface area contributed by atoms with E-state index in [4.69, 9.17) is 0 Å². The Labute approximate surface area is 136 Å². The highest BCUT2D eigenvalue weighted by Gasteiger charge is 2.26. The number of benzene rings is 1. The third kappa shape index (κ3) is 3.67. The first-order valence-corrected chi connectivity index (χ1v) is 8.41. The number of β-amino-alcohol motifs (C(OH)–C–C–N with tert-alkyl or cyclic N) is 1. The highest BCUT2D eigenvalue weighted by Crippen LogP contribution is 2.19. The molecule has 2 unspecified atom stereocenters. The number of hydrogen-bond donors (Lipinski definition) is 3. The molecule has 1 aromatic heterocycles. The Kier molecular flexibility index (Phi) is 4.86. The number of carbonyl (C=O) groups is 1. The second kappa shape index (κ2) is 7.04. The van der Waals surface area contributed by atoms with Crippen LogP contribution < -0.4 is 5.32 Å². The predicted molar refractivity (Wildman–Crippen MR) is 91.4 cm³/mol. The number of aliphatic hydroxyl groups excluding tert-OH is 1. The number of carbonyl (C=O) groups excluding carboxylic acids is 1. The number of para-hydroxylation sites is 1. The van der Waals surface area contributed by atoms with Crippen LogP contribution in [0.5, 0.6) is 0 Å². The van der Waals surface area contributed by atoms with Gasteiger partial charge in [0.2, 0.25) is 0 Å². The maximum Gasteiger partial charge on any atom is 0.317 e. The van der Waals surface area contributed by atoms with E-state index in [1.165, 1.54) is 10.9 Å². The number of aromatic nitrogens is 1. The first-order chi connectivity index (χ1) is 11.1. The molecule has 1 saturated heterocycles. The second-order valence-electron chi connectivity index (χ2n) is 6.47. The van der Waals surface area contributed by atoms with Crippen LogP contribution in [0.2, 0.25) is 0 Å². The highest BCUT2D eigenvalue weighted by molar-refractivity contribution is 5.83. The number of urea groups is 1. The second-order valence-corrected chi connectivity index (χ2v) is 6.47. The van der Waals surface area contributed by atoms with Crippen molar-refractivity contribution in [2.24, 2.45) is 5.92 Å². The third-order valence-corrected chi connectivity index (χ3v) is 4.78. The van der Waals surface area contributed by atoms with Crippen molar-refractivity contribution in [2.45, 2.75) is 32.3 Å². The van der Waals surface area contributed by atoms with Crippen LogP contribution in [-0.2, 0) is 6.42 Å². The molecule has 1 aliphatic rings. The molecule has 0 aliphatic carbocycles. The first kappa shape index (κ1) is 15.9. The van der Waals surface area contributed by atoms with Crippen molar-refractivity contribution in [3.8, 4) is 0 Å². The van der Waals surface area contributed by atoms with Crippen LogP contribution in [0.1, 0.15) is 25.3 Å². The fraction of sp³-hybridized carbons (Fsp3) is 0.500. The van der Waals surface area contributed by atoms with E-state index in [1.54, 1.807) is 4.90 Å². The van der Waals surface area contributed by atoms with Gasteiger partial charge in [0, 0.05) is 36.7 Å². The van der Waals surface area contributed by atoms with E-state index in [2.05, 4.69) is 28.6 Å². The molecule has 5 heteroatoms. The molecule has 0 radical (unpaired) electrons. The summed E-state index contributed by atoms with van der Waals surface area (Å²) in [6.45, 7) is 3.85. The van der Waals surface area contributed by atoms with Crippen molar-refractivity contribution in [1.29, 1.82) is 0 Å². The number of nitrogens with zero attached hydrogens (tertiary/aromatic N) is 1. The van der Waals surface area contributed by atoms with E-state index < -0.39 is 6.10 Å². The number of nitrogens with one attached hydrogen (secondary N) is 2. The van der Waals surface area contributed by atoms with Gasteiger partial charge in [-0.25, -0.2) is 4.79 Å². The number of fused-ring (bicyclic) bond motifs is 1. The summed E-state index contributed by atoms with van der Waals surface area (Å²) in [7, 11) is 0. The Morgan fingerprint density at radius 3 is 3.09 bits per heavy atom. The van der Waals surface area contributed by atoms with Crippen LogP contribution >= 0.6 is 0 Å². The van der Waals surface area contributed by atoms with Gasteiger partial charge in [-0.3, -0.25) is 0 Å². The normalized spacial score (nSPS) is 21.6. The zero-order valence-electron chi connectivity index (χ0n) is 13.6. The average molecular weight is 315 g/mol. The zero-order chi connectivity index (χ0) is 16.2. The Morgan fingerprint density at radius 2 is 2.26 bits per heavy atom. The van der Waals surface area contributed by atoms with Gasteiger partial charge in [0.15, 0.2) is 0 Å². The Hall–Kier alpha value is -2.01. The van der Waals surface area contributed by atoms with Gasteiger partial charge in [0.05, 0.1) is 6.10 Å². The molecule has 0 bridgehead atoms. The van der Waals surface area contributed by atoms with Crippen LogP contribution in [0, 0.1) is 5.92 Å². The van der Waals surface area contributed by atoms with Crippen LogP contribution in [0.3, 0.4) is 0 Å². The molecule has 1 aromatic carbocycles. The van der Waals surface area contributed by atoms with E-state index in [-0.39, 0.29) is 11.9 Å². The minimum absolute atomic E-state index is 0.0603. The number of rotatable bonds is 4. The van der Waals surface area contributed by atoms with E-state index in [0.29, 0.717) is 13.1 Å². The lowest BCUT2D eigenvalue weighted by Crippen LogP contribution is -2.49. The SMILES string of the molecule is CC1CCN(C(=O)NCCCc2c[nH]c3ccccc23)CC1O. The Morgan fingerprint density at radius 1 is 1.43 bits per heavy atom. The molecule has 1 aliphatic heterocycles. The molecule has 23 heavy (non-hydrogen) atoms. The number of aromatic amines is 1. The van der Waals surface area contributed by atoms with Crippen molar-refractivity contribution in [2.75, 3.05) is 19.6 Å². The number of H-pyrrole nitrogens is 1. The molecule has 3 rings (SSSR count). The van der Waals surface area contributed by atoms with Crippen molar-refractivity contribution >= 4 is 16.9 Å². The van der Waals surface area contributed by atoms with Gasteiger partial charge in [-0.05, 0) is 36.8 Å². The molecule has 2 heterocycles. The van der Waals surface area contributed by atoms with Crippen LogP contribution in [0.25, 0.3) is 10.9 Å². The number of aliphatic hydroxyl groups is 1. The van der Waals surface area contributed by atoms with Gasteiger partial charge in [-0.1, -0.05) is 25.1 Å². The molecule has 2 amide bonds. The summed E-state index contributed by atoms with van der Waals surface area (Å²) in [5, 5.41) is 14.1. The molecule has 0 saturated carbocycles. The van der Waals surface area contributed by atoms with Crippen LogP contribution in [-0.4, -0.2) is 46.8 Å². The molecule has 0 spiro atoms. The molecule has 3 N–H and O–H groups in total. The van der Waals surface area contributed by atoms with Gasteiger partial charge in [-0.2, -0.15) is 0 Å². The number of piperidine rings is 1. The van der Waals surface area contributed by atoms with Crippen molar-refractivity contribution in [3.63, 3.8) is 0 Å². The van der Waals surface area contributed by atoms with Gasteiger partial charge in [-0.15, -0.1) is 0 Å². The minimum atomic E-state index is -0.402. The van der Waals surface area contributed by atoms with E-state index in [9.17, 15) is 9.90 Å². The molecular formula is C18H25N3O2. The summed E-state index contributed by atoms with van der Waals surface area (Å²) in [4.78, 5) is 17.1. The van der Waals surface area contributed by atoms with Gasteiger partial charge < -0.3 is 20.3 Å². The molecule has 5 nitrogen and oxygen atoms in total. The average Bonchev–Trinajstić information content (AvgIpc) is 2.97. The summed E-state index contributed by atoms with van der Waals surface area (Å²) in [5.74, 6) is 0.279. The largest absolute Gasteiger partial charge is 0.391 e. The summed E-state index contributed by atoms with van der Waals surface area (Å²) < 4.78 is 0. The first-order valence-electron chi connectivity index (χ1n) is 8.41. The summed E-state index contributed by atoms with van der Waals surface area (Å²) in [6, 6.07) is 8.20. The lowest BCUT2D eigenvalue weighted by atomic mass is 9.96. The standard InChI is InChI=1S/C18H25N3O2/c1-13-8-10-21(12-17(13)22)18(23)19-9-4-5-14-11-20-16-7-3-2-6-15(14)16/h2-3,6-7,11,13,17,20,22H,4-5,8-10,12H2,1H3,(H,19,23). The summed E-state index contributed by atoms with van der Waals surface area (Å²) in [6.07, 6.45) is 4.35. The van der Waals surface area contributed by atoms with Crippen molar-refractivity contribution in [3.05, 3.63) is 36.0 Å². The molecule has 2 aromatic rings. The van der Waals surface area contributed by atoms with Crippen LogP contribution in [0.4, 0.5) is 4.79 Å². The Bertz CT molecular complexity index is 667. The molecule has 1 fully saturated rings. The quantitative estimate of drug-likeness (QED) is 0.759. The van der Waals surface area contributed by atoms with Gasteiger partial charge >= 0.3 is 6.03 Å². The number of hydrogen-bond acceptors (Lipinski definition) is 2. The maximum absolute atomic E-state index is 12.1. The van der Waals surface area contributed by atoms with E-state index >= 15 is 0 Å².